The molecule has 1 heteroatoms. The molecule has 0 spiro atoms. The molecule has 0 amide bonds. The molecule has 0 aromatic heterocycles. The lowest BCUT2D eigenvalue weighted by atomic mass is 9.84. The van der Waals surface area contributed by atoms with Gasteiger partial charge in [0.1, 0.15) is 0 Å². The van der Waals surface area contributed by atoms with Crippen LogP contribution in [0.3, 0.4) is 0 Å². The first-order chi connectivity index (χ1) is 12.2. The van der Waals surface area contributed by atoms with Crippen molar-refractivity contribution in [3.05, 3.63) is 83.7 Å². The van der Waals surface area contributed by atoms with Gasteiger partial charge in [-0.05, 0) is 85.7 Å². The van der Waals surface area contributed by atoms with Gasteiger partial charge in [-0.25, -0.2) is 0 Å². The van der Waals surface area contributed by atoms with E-state index in [2.05, 4.69) is 56.1 Å². The van der Waals surface area contributed by atoms with Gasteiger partial charge in [-0.15, -0.1) is 0 Å². The van der Waals surface area contributed by atoms with Crippen LogP contribution in [0.15, 0.2) is 67.1 Å². The Bertz CT molecular complexity index is 684. The van der Waals surface area contributed by atoms with E-state index in [1.807, 2.05) is 45.3 Å². The topological polar surface area (TPSA) is 12.0 Å². The van der Waals surface area contributed by atoms with Crippen LogP contribution in [0.1, 0.15) is 64.2 Å². The quantitative estimate of drug-likeness (QED) is 0.568. The lowest BCUT2D eigenvalue weighted by molar-refractivity contribution is 0.821. The number of hydrogen-bond donors (Lipinski definition) is 1. The van der Waals surface area contributed by atoms with Crippen molar-refractivity contribution in [1.29, 1.82) is 0 Å². The zero-order chi connectivity index (χ0) is 18.7. The highest BCUT2D eigenvalue weighted by atomic mass is 14.8. The molecule has 0 heterocycles. The summed E-state index contributed by atoms with van der Waals surface area (Å²) in [6, 6.07) is 6.82. The van der Waals surface area contributed by atoms with E-state index in [0.717, 1.165) is 6.42 Å². The molecule has 0 saturated carbocycles. The van der Waals surface area contributed by atoms with Crippen molar-refractivity contribution in [3.8, 4) is 0 Å². The second kappa shape index (κ2) is 11.3. The third-order valence-electron chi connectivity index (χ3n) is 4.19. The van der Waals surface area contributed by atoms with Crippen LogP contribution in [0.5, 0.6) is 0 Å². The normalized spacial score (nSPS) is 16.3. The molecule has 0 radical (unpaired) electrons. The van der Waals surface area contributed by atoms with E-state index in [0.29, 0.717) is 0 Å². The second-order valence-electron chi connectivity index (χ2n) is 5.90. The molecule has 0 bridgehead atoms. The summed E-state index contributed by atoms with van der Waals surface area (Å²) in [4.78, 5) is 0. The van der Waals surface area contributed by atoms with E-state index in [-0.39, 0.29) is 0 Å². The third-order valence-corrected chi connectivity index (χ3v) is 4.19. The van der Waals surface area contributed by atoms with E-state index >= 15 is 0 Å². The molecule has 1 aliphatic rings. The Morgan fingerprint density at radius 1 is 1.16 bits per heavy atom. The summed E-state index contributed by atoms with van der Waals surface area (Å²) in [6.45, 7) is 14.1. The number of fused-ring (bicyclic) bond motifs is 1. The lowest BCUT2D eigenvalue weighted by Gasteiger charge is -2.20. The average Bonchev–Trinajstić information content (AvgIpc) is 2.65. The Morgan fingerprint density at radius 3 is 2.56 bits per heavy atom. The minimum absolute atomic E-state index is 1.14. The van der Waals surface area contributed by atoms with Gasteiger partial charge in [-0.3, -0.25) is 0 Å². The molecule has 1 aromatic rings. The van der Waals surface area contributed by atoms with E-state index in [1.165, 1.54) is 46.3 Å². The SMILES string of the molecule is C=C/C(=C\C)c1ccc2c(c1)/C(=C/C(C)=C/N/C=C\C)CCC2.CC. The fourth-order valence-electron chi connectivity index (χ4n) is 3.02. The Labute approximate surface area is 154 Å². The van der Waals surface area contributed by atoms with Crippen molar-refractivity contribution in [2.75, 3.05) is 0 Å². The maximum absolute atomic E-state index is 3.92. The largest absolute Gasteiger partial charge is 0.368 e. The second-order valence-corrected chi connectivity index (χ2v) is 5.90. The van der Waals surface area contributed by atoms with Gasteiger partial charge in [0, 0.05) is 6.20 Å². The van der Waals surface area contributed by atoms with Gasteiger partial charge in [0.25, 0.3) is 0 Å². The van der Waals surface area contributed by atoms with Crippen LogP contribution in [0, 0.1) is 0 Å². The summed E-state index contributed by atoms with van der Waals surface area (Å²) in [6.07, 6.45) is 15.9. The molecule has 0 aliphatic heterocycles. The summed E-state index contributed by atoms with van der Waals surface area (Å²) in [7, 11) is 0. The molecule has 0 saturated heterocycles. The highest BCUT2D eigenvalue weighted by Crippen LogP contribution is 2.33. The minimum atomic E-state index is 1.14. The first-order valence-electron chi connectivity index (χ1n) is 9.36. The van der Waals surface area contributed by atoms with Crippen LogP contribution >= 0.6 is 0 Å². The van der Waals surface area contributed by atoms with Gasteiger partial charge >= 0.3 is 0 Å². The summed E-state index contributed by atoms with van der Waals surface area (Å²) in [5, 5.41) is 3.19. The van der Waals surface area contributed by atoms with Gasteiger partial charge in [-0.1, -0.05) is 56.9 Å². The fourth-order valence-corrected chi connectivity index (χ4v) is 3.02. The van der Waals surface area contributed by atoms with E-state index in [4.69, 9.17) is 0 Å². The van der Waals surface area contributed by atoms with Gasteiger partial charge < -0.3 is 5.32 Å². The number of hydrogen-bond acceptors (Lipinski definition) is 1. The summed E-state index contributed by atoms with van der Waals surface area (Å²) < 4.78 is 0. The molecule has 0 atom stereocenters. The van der Waals surface area contributed by atoms with E-state index < -0.39 is 0 Å². The van der Waals surface area contributed by atoms with Crippen LogP contribution < -0.4 is 5.32 Å². The Balaban J connectivity index is 0.00000151. The van der Waals surface area contributed by atoms with Gasteiger partial charge in [0.2, 0.25) is 0 Å². The standard InChI is InChI=1S/C22H27N.C2H6/c1-5-13-23-16-17(4)14-21-10-8-9-19-11-12-20(15-22(19)21)18(6-2)7-3;1-2/h5-7,11-16,23H,2,8-10H2,1,3-4H3;1-2H3/b13-5-,17-16+,18-7+,21-14+;. The van der Waals surface area contributed by atoms with Crippen LogP contribution in [0.4, 0.5) is 0 Å². The molecule has 1 aliphatic carbocycles. The highest BCUT2D eigenvalue weighted by Gasteiger charge is 2.15. The molecule has 1 aromatic carbocycles. The Hall–Kier alpha value is -2.28. The van der Waals surface area contributed by atoms with Gasteiger partial charge in [0.15, 0.2) is 0 Å². The maximum atomic E-state index is 3.92. The van der Waals surface area contributed by atoms with E-state index in [1.54, 1.807) is 0 Å². The van der Waals surface area contributed by atoms with Crippen molar-refractivity contribution in [2.45, 2.75) is 53.9 Å². The van der Waals surface area contributed by atoms with E-state index in [9.17, 15) is 0 Å². The van der Waals surface area contributed by atoms with Crippen molar-refractivity contribution in [1.82, 2.24) is 5.32 Å². The number of allylic oxidation sites excluding steroid dienone is 7. The summed E-state index contributed by atoms with van der Waals surface area (Å²) in [5.41, 5.74) is 7.98. The molecular formula is C24H33N. The predicted molar refractivity (Wildman–Crippen MR) is 114 cm³/mol. The number of nitrogens with one attached hydrogen (secondary N) is 1. The molecule has 1 nitrogen and oxygen atoms in total. The number of aryl methyl sites for hydroxylation is 1. The smallest absolute Gasteiger partial charge is 0.00339 e. The summed E-state index contributed by atoms with van der Waals surface area (Å²) >= 11 is 0. The lowest BCUT2D eigenvalue weighted by Crippen LogP contribution is -2.03. The Kier molecular flexibility index (Phi) is 9.39. The Morgan fingerprint density at radius 2 is 1.92 bits per heavy atom. The minimum Gasteiger partial charge on any atom is -0.368 e. The number of rotatable bonds is 5. The van der Waals surface area contributed by atoms with Crippen LogP contribution in [0.2, 0.25) is 0 Å². The monoisotopic (exact) mass is 335 g/mol. The molecule has 1 N–H and O–H groups in total. The maximum Gasteiger partial charge on any atom is 0.00339 e. The van der Waals surface area contributed by atoms with Crippen molar-refractivity contribution >= 4 is 11.1 Å². The predicted octanol–water partition coefficient (Wildman–Crippen LogP) is 7.05. The van der Waals surface area contributed by atoms with Crippen molar-refractivity contribution < 1.29 is 0 Å². The van der Waals surface area contributed by atoms with Crippen LogP contribution in [0.25, 0.3) is 11.1 Å². The van der Waals surface area contributed by atoms with Crippen molar-refractivity contribution in [2.24, 2.45) is 0 Å². The average molecular weight is 336 g/mol. The molecule has 25 heavy (non-hydrogen) atoms. The number of benzene rings is 1. The molecule has 0 fully saturated rings. The third kappa shape index (κ3) is 5.94. The summed E-state index contributed by atoms with van der Waals surface area (Å²) in [5.74, 6) is 0. The zero-order valence-electron chi connectivity index (χ0n) is 16.5. The van der Waals surface area contributed by atoms with Crippen LogP contribution in [-0.4, -0.2) is 0 Å². The molecule has 2 rings (SSSR count). The van der Waals surface area contributed by atoms with Crippen LogP contribution in [-0.2, 0) is 6.42 Å². The molecular weight excluding hydrogens is 302 g/mol. The zero-order valence-corrected chi connectivity index (χ0v) is 16.5. The van der Waals surface area contributed by atoms with Gasteiger partial charge in [0.05, 0.1) is 0 Å². The first-order valence-corrected chi connectivity index (χ1v) is 9.36. The van der Waals surface area contributed by atoms with Crippen molar-refractivity contribution in [3.63, 3.8) is 0 Å². The fraction of sp³-hybridized carbons (Fsp3) is 0.333. The van der Waals surface area contributed by atoms with Gasteiger partial charge in [-0.2, -0.15) is 0 Å². The molecule has 0 unspecified atom stereocenters. The molecule has 134 valence electrons. The highest BCUT2D eigenvalue weighted by molar-refractivity contribution is 5.79. The first kappa shape index (κ1) is 20.8.